The normalized spacial score (nSPS) is 15.5. The molecule has 0 unspecified atom stereocenters. The SMILES string of the molecule is Bc1ccc(NC(=O)/C=C(/Cl)NC2CC2)cc1. The van der Waals surface area contributed by atoms with Crippen molar-refractivity contribution in [3.05, 3.63) is 35.5 Å². The zero-order chi connectivity index (χ0) is 12.3. The number of carbonyl (C=O) groups excluding carboxylic acids is 1. The van der Waals surface area contributed by atoms with Crippen molar-refractivity contribution in [3.8, 4) is 0 Å². The van der Waals surface area contributed by atoms with Gasteiger partial charge >= 0.3 is 0 Å². The monoisotopic (exact) mass is 248 g/mol. The van der Waals surface area contributed by atoms with Crippen LogP contribution in [0.5, 0.6) is 0 Å². The van der Waals surface area contributed by atoms with Crippen LogP contribution in [0.3, 0.4) is 0 Å². The summed E-state index contributed by atoms with van der Waals surface area (Å²) in [7, 11) is 2.00. The second kappa shape index (κ2) is 5.28. The number of anilines is 1. The fourth-order valence-electron chi connectivity index (χ4n) is 1.39. The first-order valence-corrected chi connectivity index (χ1v) is 6.02. The summed E-state index contributed by atoms with van der Waals surface area (Å²) in [6.07, 6.45) is 3.63. The molecule has 0 atom stereocenters. The highest BCUT2D eigenvalue weighted by atomic mass is 35.5. The molecule has 1 fully saturated rings. The largest absolute Gasteiger partial charge is 0.373 e. The molecule has 2 rings (SSSR count). The molecule has 1 aliphatic carbocycles. The maximum absolute atomic E-state index is 11.6. The van der Waals surface area contributed by atoms with Crippen LogP contribution in [0.25, 0.3) is 0 Å². The van der Waals surface area contributed by atoms with Gasteiger partial charge in [-0.05, 0) is 25.0 Å². The molecule has 3 nitrogen and oxygen atoms in total. The highest BCUT2D eigenvalue weighted by Crippen LogP contribution is 2.21. The van der Waals surface area contributed by atoms with Gasteiger partial charge in [0.2, 0.25) is 0 Å². The third kappa shape index (κ3) is 4.15. The van der Waals surface area contributed by atoms with Gasteiger partial charge in [0, 0.05) is 17.8 Å². The Morgan fingerprint density at radius 2 is 2.00 bits per heavy atom. The first kappa shape index (κ1) is 12.1. The second-order valence-electron chi connectivity index (χ2n) is 4.27. The van der Waals surface area contributed by atoms with Gasteiger partial charge in [0.1, 0.15) is 13.0 Å². The molecule has 1 amide bonds. The summed E-state index contributed by atoms with van der Waals surface area (Å²) < 4.78 is 0. The zero-order valence-corrected chi connectivity index (χ0v) is 10.4. The van der Waals surface area contributed by atoms with Gasteiger partial charge < -0.3 is 10.6 Å². The number of rotatable bonds is 4. The van der Waals surface area contributed by atoms with Crippen LogP contribution in [0, 0.1) is 0 Å². The van der Waals surface area contributed by atoms with E-state index in [-0.39, 0.29) is 5.91 Å². The fourth-order valence-corrected chi connectivity index (χ4v) is 1.65. The van der Waals surface area contributed by atoms with Crippen molar-refractivity contribution in [1.29, 1.82) is 0 Å². The van der Waals surface area contributed by atoms with Gasteiger partial charge in [-0.2, -0.15) is 0 Å². The Labute approximate surface area is 107 Å². The zero-order valence-electron chi connectivity index (χ0n) is 9.66. The van der Waals surface area contributed by atoms with Crippen LogP contribution in [0.4, 0.5) is 5.69 Å². The Balaban J connectivity index is 1.89. The van der Waals surface area contributed by atoms with Crippen LogP contribution < -0.4 is 16.1 Å². The van der Waals surface area contributed by atoms with Crippen molar-refractivity contribution in [1.82, 2.24) is 5.32 Å². The summed E-state index contributed by atoms with van der Waals surface area (Å²) in [4.78, 5) is 11.6. The predicted molar refractivity (Wildman–Crippen MR) is 73.3 cm³/mol. The number of carbonyl (C=O) groups is 1. The Morgan fingerprint density at radius 1 is 1.35 bits per heavy atom. The van der Waals surface area contributed by atoms with Crippen LogP contribution >= 0.6 is 11.6 Å². The average molecular weight is 249 g/mol. The van der Waals surface area contributed by atoms with Crippen molar-refractivity contribution in [2.45, 2.75) is 18.9 Å². The lowest BCUT2D eigenvalue weighted by Gasteiger charge is -2.04. The van der Waals surface area contributed by atoms with E-state index in [4.69, 9.17) is 11.6 Å². The smallest absolute Gasteiger partial charge is 0.251 e. The quantitative estimate of drug-likeness (QED) is 0.468. The second-order valence-corrected chi connectivity index (χ2v) is 4.67. The van der Waals surface area contributed by atoms with Crippen molar-refractivity contribution in [2.75, 3.05) is 5.32 Å². The minimum absolute atomic E-state index is 0.216. The Hall–Kier alpha value is -1.42. The third-order valence-electron chi connectivity index (χ3n) is 2.50. The predicted octanol–water partition coefficient (Wildman–Crippen LogP) is 0.716. The summed E-state index contributed by atoms with van der Waals surface area (Å²) in [6, 6.07) is 8.07. The van der Waals surface area contributed by atoms with E-state index >= 15 is 0 Å². The molecule has 1 aromatic rings. The van der Waals surface area contributed by atoms with E-state index in [1.165, 1.54) is 6.08 Å². The van der Waals surface area contributed by atoms with E-state index in [2.05, 4.69) is 10.6 Å². The number of hydrogen-bond acceptors (Lipinski definition) is 2. The van der Waals surface area contributed by atoms with Gasteiger partial charge in [-0.25, -0.2) is 0 Å². The number of halogens is 1. The van der Waals surface area contributed by atoms with Crippen LogP contribution in [0.2, 0.25) is 0 Å². The number of hydrogen-bond donors (Lipinski definition) is 2. The van der Waals surface area contributed by atoms with Gasteiger partial charge in [-0.15, -0.1) is 0 Å². The van der Waals surface area contributed by atoms with Crippen LogP contribution in [0.15, 0.2) is 35.5 Å². The molecule has 1 saturated carbocycles. The Morgan fingerprint density at radius 3 is 2.59 bits per heavy atom. The van der Waals surface area contributed by atoms with Crippen LogP contribution in [-0.4, -0.2) is 19.8 Å². The van der Waals surface area contributed by atoms with Gasteiger partial charge in [0.15, 0.2) is 0 Å². The van der Waals surface area contributed by atoms with Crippen LogP contribution in [-0.2, 0) is 4.79 Å². The van der Waals surface area contributed by atoms with Crippen molar-refractivity contribution in [2.24, 2.45) is 0 Å². The van der Waals surface area contributed by atoms with Crippen molar-refractivity contribution in [3.63, 3.8) is 0 Å². The standard InChI is InChI=1S/C12H14BClN2O/c13-8-1-3-10(4-2-8)16-12(17)7-11(14)15-9-5-6-9/h1-4,7,9,15H,5-6,13H2,(H,16,17)/b11-7-. The molecular weight excluding hydrogens is 234 g/mol. The summed E-state index contributed by atoms with van der Waals surface area (Å²) >= 11 is 5.89. The number of benzene rings is 1. The van der Waals surface area contributed by atoms with Crippen LogP contribution in [0.1, 0.15) is 12.8 Å². The number of nitrogens with one attached hydrogen (secondary N) is 2. The first-order valence-electron chi connectivity index (χ1n) is 5.65. The fraction of sp³-hybridized carbons (Fsp3) is 0.250. The lowest BCUT2D eigenvalue weighted by molar-refractivity contribution is -0.111. The Kier molecular flexibility index (Phi) is 3.74. The minimum atomic E-state index is -0.216. The molecule has 1 aromatic carbocycles. The first-order chi connectivity index (χ1) is 8.13. The molecule has 1 aliphatic rings. The molecule has 0 bridgehead atoms. The summed E-state index contributed by atoms with van der Waals surface area (Å²) in [5.41, 5.74) is 1.93. The molecule has 0 saturated heterocycles. The van der Waals surface area contributed by atoms with E-state index in [1.54, 1.807) is 0 Å². The molecule has 0 radical (unpaired) electrons. The maximum Gasteiger partial charge on any atom is 0.251 e. The molecule has 17 heavy (non-hydrogen) atoms. The minimum Gasteiger partial charge on any atom is -0.373 e. The molecule has 5 heteroatoms. The average Bonchev–Trinajstić information content (AvgIpc) is 3.05. The highest BCUT2D eigenvalue weighted by molar-refractivity contribution is 6.32. The molecule has 2 N–H and O–H groups in total. The molecule has 0 heterocycles. The Bertz CT molecular complexity index is 440. The van der Waals surface area contributed by atoms with Gasteiger partial charge in [-0.1, -0.05) is 29.2 Å². The summed E-state index contributed by atoms with van der Waals surface area (Å²) in [5.74, 6) is -0.216. The van der Waals surface area contributed by atoms with E-state index in [1.807, 2.05) is 32.1 Å². The van der Waals surface area contributed by atoms with Gasteiger partial charge in [-0.3, -0.25) is 4.79 Å². The molecular formula is C12H14BClN2O. The number of amides is 1. The summed E-state index contributed by atoms with van der Waals surface area (Å²) in [5, 5.41) is 6.20. The lowest BCUT2D eigenvalue weighted by Crippen LogP contribution is -2.16. The third-order valence-corrected chi connectivity index (χ3v) is 2.71. The van der Waals surface area contributed by atoms with E-state index < -0.39 is 0 Å². The van der Waals surface area contributed by atoms with E-state index in [0.29, 0.717) is 11.2 Å². The van der Waals surface area contributed by atoms with Gasteiger partial charge in [0.05, 0.1) is 0 Å². The van der Waals surface area contributed by atoms with Crippen molar-refractivity contribution < 1.29 is 4.79 Å². The highest BCUT2D eigenvalue weighted by Gasteiger charge is 2.21. The van der Waals surface area contributed by atoms with Gasteiger partial charge in [0.25, 0.3) is 5.91 Å². The van der Waals surface area contributed by atoms with E-state index in [0.717, 1.165) is 24.0 Å². The molecule has 0 aromatic heterocycles. The molecule has 0 spiro atoms. The molecule has 88 valence electrons. The maximum atomic E-state index is 11.6. The lowest BCUT2D eigenvalue weighted by atomic mass is 9.96. The molecule has 0 aliphatic heterocycles. The topological polar surface area (TPSA) is 41.1 Å². The van der Waals surface area contributed by atoms with Crippen molar-refractivity contribution >= 4 is 36.5 Å². The summed E-state index contributed by atoms with van der Waals surface area (Å²) in [6.45, 7) is 0. The van der Waals surface area contributed by atoms with E-state index in [9.17, 15) is 4.79 Å².